The number of nitro groups is 1. The van der Waals surface area contributed by atoms with E-state index in [-0.39, 0.29) is 16.6 Å². The summed E-state index contributed by atoms with van der Waals surface area (Å²) in [4.78, 5) is 22.8. The molecule has 1 atom stereocenters. The minimum atomic E-state index is -0.514. The number of nitrogens with zero attached hydrogens (tertiary/aromatic N) is 1. The summed E-state index contributed by atoms with van der Waals surface area (Å²) < 4.78 is 5.55. The largest absolute Gasteiger partial charge is 0.451 e. The van der Waals surface area contributed by atoms with E-state index in [2.05, 4.69) is 24.5 Å². The minimum absolute atomic E-state index is 0.0489. The quantitative estimate of drug-likeness (QED) is 0.309. The monoisotopic (exact) mass is 423 g/mol. The van der Waals surface area contributed by atoms with Crippen LogP contribution in [0.4, 0.5) is 11.4 Å². The van der Waals surface area contributed by atoms with E-state index in [0.717, 1.165) is 12.1 Å². The third kappa shape index (κ3) is 5.09. The second-order valence-electron chi connectivity index (χ2n) is 6.81. The number of nitrogens with one attached hydrogen (secondary N) is 2. The van der Waals surface area contributed by atoms with Gasteiger partial charge in [0.05, 0.1) is 4.92 Å². The van der Waals surface area contributed by atoms with Gasteiger partial charge in [-0.05, 0) is 54.4 Å². The second-order valence-corrected chi connectivity index (χ2v) is 7.22. The van der Waals surface area contributed by atoms with Gasteiger partial charge in [0, 0.05) is 23.4 Å². The van der Waals surface area contributed by atoms with E-state index in [1.54, 1.807) is 18.2 Å². The van der Waals surface area contributed by atoms with Crippen LogP contribution in [0.2, 0.25) is 0 Å². The van der Waals surface area contributed by atoms with Crippen molar-refractivity contribution >= 4 is 34.6 Å². The van der Waals surface area contributed by atoms with E-state index in [0.29, 0.717) is 17.2 Å². The molecule has 0 unspecified atom stereocenters. The SMILES string of the molecule is CC[C@H](C)c1ccc(NC(=S)NC(=O)c2ccc(-c3cccc([N+](=O)[O-])c3)o2)cc1. The van der Waals surface area contributed by atoms with E-state index in [9.17, 15) is 14.9 Å². The molecule has 0 bridgehead atoms. The number of carbonyl (C=O) groups is 1. The topological polar surface area (TPSA) is 97.4 Å². The summed E-state index contributed by atoms with van der Waals surface area (Å²) in [6, 6.07) is 16.9. The Morgan fingerprint density at radius 3 is 2.57 bits per heavy atom. The maximum absolute atomic E-state index is 12.4. The lowest BCUT2D eigenvalue weighted by Crippen LogP contribution is -2.33. The van der Waals surface area contributed by atoms with Gasteiger partial charge in [-0.2, -0.15) is 0 Å². The van der Waals surface area contributed by atoms with Crippen molar-refractivity contribution < 1.29 is 14.1 Å². The van der Waals surface area contributed by atoms with E-state index >= 15 is 0 Å². The fourth-order valence-electron chi connectivity index (χ4n) is 2.85. The molecule has 0 aliphatic carbocycles. The zero-order valence-corrected chi connectivity index (χ0v) is 17.4. The summed E-state index contributed by atoms with van der Waals surface area (Å²) in [5, 5.41) is 16.6. The number of hydrogen-bond donors (Lipinski definition) is 2. The molecule has 30 heavy (non-hydrogen) atoms. The number of benzene rings is 2. The number of hydrogen-bond acceptors (Lipinski definition) is 5. The molecule has 7 nitrogen and oxygen atoms in total. The molecule has 0 spiro atoms. The van der Waals surface area contributed by atoms with Crippen LogP contribution in [0.5, 0.6) is 0 Å². The molecule has 0 saturated carbocycles. The molecular formula is C22H21N3O4S. The van der Waals surface area contributed by atoms with Gasteiger partial charge in [-0.25, -0.2) is 0 Å². The van der Waals surface area contributed by atoms with E-state index < -0.39 is 10.8 Å². The van der Waals surface area contributed by atoms with Crippen LogP contribution < -0.4 is 10.6 Å². The molecule has 1 amide bonds. The number of anilines is 1. The van der Waals surface area contributed by atoms with Crippen molar-refractivity contribution in [3.05, 3.63) is 82.1 Å². The van der Waals surface area contributed by atoms with Crippen molar-refractivity contribution in [3.63, 3.8) is 0 Å². The average molecular weight is 423 g/mol. The molecule has 1 heterocycles. The third-order valence-electron chi connectivity index (χ3n) is 4.75. The Kier molecular flexibility index (Phi) is 6.58. The molecule has 8 heteroatoms. The highest BCUT2D eigenvalue weighted by Gasteiger charge is 2.15. The maximum atomic E-state index is 12.4. The molecule has 2 aromatic carbocycles. The predicted molar refractivity (Wildman–Crippen MR) is 120 cm³/mol. The molecule has 2 N–H and O–H groups in total. The summed E-state index contributed by atoms with van der Waals surface area (Å²) in [6.45, 7) is 4.30. The molecule has 0 radical (unpaired) electrons. The number of furan rings is 1. The molecule has 0 fully saturated rings. The lowest BCUT2D eigenvalue weighted by atomic mass is 9.99. The summed E-state index contributed by atoms with van der Waals surface area (Å²) in [7, 11) is 0. The molecule has 3 aromatic rings. The third-order valence-corrected chi connectivity index (χ3v) is 4.95. The van der Waals surface area contributed by atoms with Gasteiger partial charge in [-0.15, -0.1) is 0 Å². The van der Waals surface area contributed by atoms with E-state index in [1.165, 1.54) is 23.8 Å². The Bertz CT molecular complexity index is 1080. The molecule has 0 saturated heterocycles. The first kappa shape index (κ1) is 21.2. The van der Waals surface area contributed by atoms with Crippen LogP contribution in [-0.2, 0) is 0 Å². The fraction of sp³-hybridized carbons (Fsp3) is 0.182. The van der Waals surface area contributed by atoms with Crippen molar-refractivity contribution in [2.24, 2.45) is 0 Å². The Labute approximate surface area is 179 Å². The van der Waals surface area contributed by atoms with Gasteiger partial charge in [0.2, 0.25) is 0 Å². The van der Waals surface area contributed by atoms with Crippen LogP contribution in [0.3, 0.4) is 0 Å². The number of rotatable bonds is 6. The van der Waals surface area contributed by atoms with Gasteiger partial charge in [0.25, 0.3) is 11.6 Å². The molecule has 154 valence electrons. The molecular weight excluding hydrogens is 402 g/mol. The maximum Gasteiger partial charge on any atom is 0.293 e. The fourth-order valence-corrected chi connectivity index (χ4v) is 3.06. The zero-order valence-electron chi connectivity index (χ0n) is 16.5. The van der Waals surface area contributed by atoms with Gasteiger partial charge >= 0.3 is 0 Å². The van der Waals surface area contributed by atoms with E-state index in [4.69, 9.17) is 16.6 Å². The van der Waals surface area contributed by atoms with Gasteiger partial charge < -0.3 is 9.73 Å². The Morgan fingerprint density at radius 2 is 1.90 bits per heavy atom. The van der Waals surface area contributed by atoms with Crippen LogP contribution in [0.15, 0.2) is 65.1 Å². The van der Waals surface area contributed by atoms with Crippen LogP contribution in [0.1, 0.15) is 42.3 Å². The number of amides is 1. The first-order chi connectivity index (χ1) is 14.4. The van der Waals surface area contributed by atoms with Crippen molar-refractivity contribution in [2.45, 2.75) is 26.2 Å². The molecule has 0 aliphatic rings. The Hall–Kier alpha value is -3.52. The lowest BCUT2D eigenvalue weighted by molar-refractivity contribution is -0.384. The first-order valence-electron chi connectivity index (χ1n) is 9.44. The van der Waals surface area contributed by atoms with Crippen LogP contribution in [0.25, 0.3) is 11.3 Å². The second kappa shape index (κ2) is 9.32. The van der Waals surface area contributed by atoms with Gasteiger partial charge in [-0.1, -0.05) is 38.1 Å². The van der Waals surface area contributed by atoms with Gasteiger partial charge in [-0.3, -0.25) is 20.2 Å². The standard InChI is InChI=1S/C22H21N3O4S/c1-3-14(2)15-7-9-17(10-8-15)23-22(30)24-21(26)20-12-11-19(29-20)16-5-4-6-18(13-16)25(27)28/h4-14H,3H2,1-2H3,(H2,23,24,26,30)/t14-/m0/s1. The van der Waals surface area contributed by atoms with Crippen molar-refractivity contribution in [1.82, 2.24) is 5.32 Å². The number of carbonyl (C=O) groups excluding carboxylic acids is 1. The first-order valence-corrected chi connectivity index (χ1v) is 9.85. The summed E-state index contributed by atoms with van der Waals surface area (Å²) in [5.41, 5.74) is 2.45. The average Bonchev–Trinajstić information content (AvgIpc) is 3.24. The highest BCUT2D eigenvalue weighted by molar-refractivity contribution is 7.80. The predicted octanol–water partition coefficient (Wildman–Crippen LogP) is 5.50. The summed E-state index contributed by atoms with van der Waals surface area (Å²) in [6.07, 6.45) is 1.06. The molecule has 3 rings (SSSR count). The molecule has 1 aromatic heterocycles. The number of non-ortho nitro benzene ring substituents is 1. The number of nitro benzene ring substituents is 1. The van der Waals surface area contributed by atoms with Gasteiger partial charge in [0.1, 0.15) is 5.76 Å². The summed E-state index contributed by atoms with van der Waals surface area (Å²) in [5.74, 6) is 0.362. The Balaban J connectivity index is 1.63. The van der Waals surface area contributed by atoms with Crippen molar-refractivity contribution in [2.75, 3.05) is 5.32 Å². The highest BCUT2D eigenvalue weighted by Crippen LogP contribution is 2.26. The van der Waals surface area contributed by atoms with Crippen molar-refractivity contribution in [3.8, 4) is 11.3 Å². The van der Waals surface area contributed by atoms with Crippen LogP contribution in [0, 0.1) is 10.1 Å². The minimum Gasteiger partial charge on any atom is -0.451 e. The van der Waals surface area contributed by atoms with Crippen molar-refractivity contribution in [1.29, 1.82) is 0 Å². The lowest BCUT2D eigenvalue weighted by Gasteiger charge is -2.12. The van der Waals surface area contributed by atoms with Crippen LogP contribution >= 0.6 is 12.2 Å². The molecule has 0 aliphatic heterocycles. The zero-order chi connectivity index (χ0) is 21.7. The summed E-state index contributed by atoms with van der Waals surface area (Å²) >= 11 is 5.21. The highest BCUT2D eigenvalue weighted by atomic mass is 32.1. The van der Waals surface area contributed by atoms with E-state index in [1.807, 2.05) is 24.3 Å². The van der Waals surface area contributed by atoms with Gasteiger partial charge in [0.15, 0.2) is 10.9 Å². The smallest absolute Gasteiger partial charge is 0.293 e. The van der Waals surface area contributed by atoms with Crippen LogP contribution in [-0.4, -0.2) is 15.9 Å². The Morgan fingerprint density at radius 1 is 1.17 bits per heavy atom. The normalized spacial score (nSPS) is 11.5. The number of thiocarbonyl (C=S) groups is 1.